The lowest BCUT2D eigenvalue weighted by atomic mass is 10.1. The molecule has 1 unspecified atom stereocenters. The number of ether oxygens (including phenoxy) is 3. The summed E-state index contributed by atoms with van der Waals surface area (Å²) in [4.78, 5) is 14.5. The van der Waals surface area contributed by atoms with Gasteiger partial charge in [0.25, 0.3) is 5.91 Å². The summed E-state index contributed by atoms with van der Waals surface area (Å²) in [5.74, 6) is 0.970. The lowest BCUT2D eigenvalue weighted by Gasteiger charge is -2.31. The van der Waals surface area contributed by atoms with Crippen LogP contribution in [0.1, 0.15) is 44.0 Å². The second-order valence-corrected chi connectivity index (χ2v) is 6.26. The molecule has 0 bridgehead atoms. The van der Waals surface area contributed by atoms with Crippen molar-refractivity contribution in [3.8, 4) is 11.5 Å². The molecule has 0 aliphatic carbocycles. The predicted molar refractivity (Wildman–Crippen MR) is 94.3 cm³/mol. The van der Waals surface area contributed by atoms with Crippen molar-refractivity contribution in [1.29, 1.82) is 0 Å². The summed E-state index contributed by atoms with van der Waals surface area (Å²) in [7, 11) is 0. The number of hydrogen-bond donors (Lipinski definition) is 0. The number of nitrogens with zero attached hydrogens (tertiary/aromatic N) is 1. The first kappa shape index (κ1) is 18.9. The maximum atomic E-state index is 12.7. The molecule has 0 N–H and O–H groups in total. The van der Waals surface area contributed by atoms with Crippen molar-refractivity contribution in [1.82, 2.24) is 4.90 Å². The summed E-state index contributed by atoms with van der Waals surface area (Å²) in [5.41, 5.74) is 0.514. The minimum Gasteiger partial charge on any atom is -0.490 e. The number of hydrogen-bond acceptors (Lipinski definition) is 4. The molecule has 1 saturated heterocycles. The maximum Gasteiger partial charge on any atom is 0.254 e. The minimum absolute atomic E-state index is 0.0428. The Kier molecular flexibility index (Phi) is 7.18. The van der Waals surface area contributed by atoms with Gasteiger partial charge in [-0.2, -0.15) is 0 Å². The lowest BCUT2D eigenvalue weighted by Crippen LogP contribution is -2.44. The van der Waals surface area contributed by atoms with Gasteiger partial charge in [-0.25, -0.2) is 0 Å². The van der Waals surface area contributed by atoms with Crippen molar-refractivity contribution in [2.75, 3.05) is 32.9 Å². The summed E-state index contributed by atoms with van der Waals surface area (Å²) in [6.45, 7) is 8.72. The van der Waals surface area contributed by atoms with E-state index in [9.17, 15) is 4.79 Å². The molecule has 2 rings (SSSR count). The number of morpholine rings is 1. The zero-order valence-corrected chi connectivity index (χ0v) is 15.4. The largest absolute Gasteiger partial charge is 0.490 e. The van der Waals surface area contributed by atoms with Gasteiger partial charge in [-0.1, -0.05) is 24.9 Å². The first-order chi connectivity index (χ1) is 11.6. The molecule has 24 heavy (non-hydrogen) atoms. The fourth-order valence-electron chi connectivity index (χ4n) is 2.60. The molecule has 1 fully saturated rings. The normalized spacial score (nSPS) is 17.7. The van der Waals surface area contributed by atoms with Crippen LogP contribution < -0.4 is 9.47 Å². The Morgan fingerprint density at radius 1 is 1.38 bits per heavy atom. The third-order valence-electron chi connectivity index (χ3n) is 3.83. The number of halogens is 1. The van der Waals surface area contributed by atoms with Crippen molar-refractivity contribution in [3.05, 3.63) is 22.7 Å². The molecule has 1 heterocycles. The zero-order chi connectivity index (χ0) is 17.5. The van der Waals surface area contributed by atoms with Crippen LogP contribution in [0.25, 0.3) is 0 Å². The fraction of sp³-hybridized carbons (Fsp3) is 0.611. The summed E-state index contributed by atoms with van der Waals surface area (Å²) in [6.07, 6.45) is 2.02. The van der Waals surface area contributed by atoms with Crippen LogP contribution in [0, 0.1) is 0 Å². The van der Waals surface area contributed by atoms with E-state index in [1.807, 2.05) is 13.8 Å². The molecule has 1 aromatic rings. The molecule has 0 saturated carbocycles. The second-order valence-electron chi connectivity index (χ2n) is 5.85. The number of unbranched alkanes of at least 4 members (excludes halogenated alkanes) is 1. The number of rotatable bonds is 7. The second kappa shape index (κ2) is 9.14. The minimum atomic E-state index is -0.0619. The van der Waals surface area contributed by atoms with Crippen LogP contribution >= 0.6 is 11.6 Å². The highest BCUT2D eigenvalue weighted by atomic mass is 35.5. The SMILES string of the molecule is CCCCOc1c(Cl)cc(C(=O)N2CCOC(C)C2)cc1OCC. The van der Waals surface area contributed by atoms with E-state index in [0.29, 0.717) is 55.0 Å². The van der Waals surface area contributed by atoms with E-state index in [1.54, 1.807) is 17.0 Å². The summed E-state index contributed by atoms with van der Waals surface area (Å²) in [5, 5.41) is 0.404. The third-order valence-corrected chi connectivity index (χ3v) is 4.11. The standard InChI is InChI=1S/C18H26ClNO4/c1-4-6-8-24-17-15(19)10-14(11-16(17)22-5-2)18(21)20-7-9-23-13(3)12-20/h10-11,13H,4-9,12H2,1-3H3. The van der Waals surface area contributed by atoms with Gasteiger partial charge in [0, 0.05) is 18.7 Å². The summed E-state index contributed by atoms with van der Waals surface area (Å²) < 4.78 is 16.9. The Labute approximate surface area is 148 Å². The average Bonchev–Trinajstić information content (AvgIpc) is 2.56. The van der Waals surface area contributed by atoms with Crippen LogP contribution in [0.15, 0.2) is 12.1 Å². The van der Waals surface area contributed by atoms with Gasteiger partial charge < -0.3 is 19.1 Å². The Bertz CT molecular complexity index is 564. The topological polar surface area (TPSA) is 48.0 Å². The van der Waals surface area contributed by atoms with Gasteiger partial charge in [0.1, 0.15) is 0 Å². The van der Waals surface area contributed by atoms with Gasteiger partial charge in [-0.3, -0.25) is 4.79 Å². The van der Waals surface area contributed by atoms with Crippen molar-refractivity contribution in [3.63, 3.8) is 0 Å². The van der Waals surface area contributed by atoms with Crippen LogP contribution in [0.2, 0.25) is 5.02 Å². The smallest absolute Gasteiger partial charge is 0.254 e. The Morgan fingerprint density at radius 2 is 2.17 bits per heavy atom. The van der Waals surface area contributed by atoms with E-state index in [2.05, 4.69) is 6.92 Å². The van der Waals surface area contributed by atoms with Crippen LogP contribution in [0.4, 0.5) is 0 Å². The molecule has 134 valence electrons. The number of carbonyl (C=O) groups is 1. The molecule has 0 aromatic heterocycles. The molecule has 1 aliphatic heterocycles. The molecule has 1 aromatic carbocycles. The monoisotopic (exact) mass is 355 g/mol. The van der Waals surface area contributed by atoms with Crippen LogP contribution in [-0.4, -0.2) is 49.8 Å². The summed E-state index contributed by atoms with van der Waals surface area (Å²) >= 11 is 6.36. The quantitative estimate of drug-likeness (QED) is 0.698. The van der Waals surface area contributed by atoms with E-state index in [4.69, 9.17) is 25.8 Å². The Hall–Kier alpha value is -1.46. The maximum absolute atomic E-state index is 12.7. The molecule has 1 amide bonds. The van der Waals surface area contributed by atoms with E-state index < -0.39 is 0 Å². The van der Waals surface area contributed by atoms with Crippen LogP contribution in [-0.2, 0) is 4.74 Å². The average molecular weight is 356 g/mol. The van der Waals surface area contributed by atoms with Crippen molar-refractivity contribution < 1.29 is 19.0 Å². The fourth-order valence-corrected chi connectivity index (χ4v) is 2.86. The highest BCUT2D eigenvalue weighted by molar-refractivity contribution is 6.32. The van der Waals surface area contributed by atoms with Gasteiger partial charge in [0.15, 0.2) is 11.5 Å². The predicted octanol–water partition coefficient (Wildman–Crippen LogP) is 3.78. The number of benzene rings is 1. The van der Waals surface area contributed by atoms with Crippen LogP contribution in [0.5, 0.6) is 11.5 Å². The van der Waals surface area contributed by atoms with E-state index >= 15 is 0 Å². The van der Waals surface area contributed by atoms with Gasteiger partial charge in [0.2, 0.25) is 0 Å². The van der Waals surface area contributed by atoms with Crippen molar-refractivity contribution in [2.24, 2.45) is 0 Å². The molecule has 1 aliphatic rings. The molecule has 6 heteroatoms. The number of amides is 1. The number of carbonyl (C=O) groups excluding carboxylic acids is 1. The Morgan fingerprint density at radius 3 is 2.83 bits per heavy atom. The summed E-state index contributed by atoms with van der Waals surface area (Å²) in [6, 6.07) is 3.38. The van der Waals surface area contributed by atoms with E-state index in [-0.39, 0.29) is 12.0 Å². The van der Waals surface area contributed by atoms with Crippen LogP contribution in [0.3, 0.4) is 0 Å². The van der Waals surface area contributed by atoms with Gasteiger partial charge in [-0.15, -0.1) is 0 Å². The highest BCUT2D eigenvalue weighted by Crippen LogP contribution is 2.37. The molecule has 0 spiro atoms. The van der Waals surface area contributed by atoms with E-state index in [0.717, 1.165) is 12.8 Å². The highest BCUT2D eigenvalue weighted by Gasteiger charge is 2.24. The van der Waals surface area contributed by atoms with E-state index in [1.165, 1.54) is 0 Å². The molecule has 5 nitrogen and oxygen atoms in total. The molecule has 1 atom stereocenters. The van der Waals surface area contributed by atoms with Gasteiger partial charge in [0.05, 0.1) is 30.9 Å². The zero-order valence-electron chi connectivity index (χ0n) is 14.6. The lowest BCUT2D eigenvalue weighted by molar-refractivity contribution is -0.0124. The molecule has 0 radical (unpaired) electrons. The van der Waals surface area contributed by atoms with Crippen molar-refractivity contribution >= 4 is 17.5 Å². The van der Waals surface area contributed by atoms with Crippen molar-refractivity contribution in [2.45, 2.75) is 39.7 Å². The first-order valence-corrected chi connectivity index (χ1v) is 8.94. The van der Waals surface area contributed by atoms with Gasteiger partial charge >= 0.3 is 0 Å². The first-order valence-electron chi connectivity index (χ1n) is 8.56. The molecular formula is C18H26ClNO4. The Balaban J connectivity index is 2.22. The molecular weight excluding hydrogens is 330 g/mol. The third kappa shape index (κ3) is 4.77. The van der Waals surface area contributed by atoms with Gasteiger partial charge in [-0.05, 0) is 32.4 Å².